The molecule has 3 aromatic rings. The SMILES string of the molecule is C[C@H](Cc1ccco1)NC(=O)CCc1nc(CS(=O)(=O)c2ccc(Cl)cc2)no1. The van der Waals surface area contributed by atoms with E-state index in [1.54, 1.807) is 12.3 Å². The topological polar surface area (TPSA) is 115 Å². The zero-order chi connectivity index (χ0) is 20.9. The van der Waals surface area contributed by atoms with E-state index in [-0.39, 0.29) is 41.4 Å². The fourth-order valence-electron chi connectivity index (χ4n) is 2.69. The number of nitrogens with zero attached hydrogens (tertiary/aromatic N) is 2. The predicted octanol–water partition coefficient (Wildman–Crippen LogP) is 2.97. The molecular formula is C19H20ClN3O5S. The third kappa shape index (κ3) is 6.16. The molecule has 154 valence electrons. The number of aromatic nitrogens is 2. The monoisotopic (exact) mass is 437 g/mol. The Bertz CT molecular complexity index is 1050. The first-order chi connectivity index (χ1) is 13.8. The molecule has 1 atom stereocenters. The van der Waals surface area contributed by atoms with Crippen LogP contribution in [0.2, 0.25) is 5.02 Å². The molecule has 0 saturated heterocycles. The lowest BCUT2D eigenvalue weighted by Crippen LogP contribution is -2.34. The molecule has 8 nitrogen and oxygen atoms in total. The van der Waals surface area contributed by atoms with Gasteiger partial charge < -0.3 is 14.3 Å². The Morgan fingerprint density at radius 1 is 1.24 bits per heavy atom. The van der Waals surface area contributed by atoms with E-state index >= 15 is 0 Å². The predicted molar refractivity (Wildman–Crippen MR) is 105 cm³/mol. The highest BCUT2D eigenvalue weighted by Crippen LogP contribution is 2.18. The van der Waals surface area contributed by atoms with Crippen molar-refractivity contribution < 1.29 is 22.2 Å². The van der Waals surface area contributed by atoms with Crippen molar-refractivity contribution in [2.24, 2.45) is 0 Å². The van der Waals surface area contributed by atoms with Crippen LogP contribution in [-0.4, -0.2) is 30.5 Å². The lowest BCUT2D eigenvalue weighted by atomic mass is 10.2. The highest BCUT2D eigenvalue weighted by molar-refractivity contribution is 7.90. The molecular weight excluding hydrogens is 418 g/mol. The van der Waals surface area contributed by atoms with Crippen molar-refractivity contribution in [1.29, 1.82) is 0 Å². The summed E-state index contributed by atoms with van der Waals surface area (Å²) in [7, 11) is -3.62. The highest BCUT2D eigenvalue weighted by Gasteiger charge is 2.20. The van der Waals surface area contributed by atoms with Crippen LogP contribution in [-0.2, 0) is 33.2 Å². The molecule has 0 fully saturated rings. The molecule has 1 N–H and O–H groups in total. The van der Waals surface area contributed by atoms with E-state index in [0.717, 1.165) is 5.76 Å². The van der Waals surface area contributed by atoms with Crippen LogP contribution in [0.15, 0.2) is 56.5 Å². The minimum atomic E-state index is -3.62. The van der Waals surface area contributed by atoms with Gasteiger partial charge in [-0.25, -0.2) is 8.42 Å². The summed E-state index contributed by atoms with van der Waals surface area (Å²) in [6.07, 6.45) is 2.54. The van der Waals surface area contributed by atoms with Gasteiger partial charge in [-0.05, 0) is 43.3 Å². The van der Waals surface area contributed by atoms with E-state index in [2.05, 4.69) is 15.5 Å². The van der Waals surface area contributed by atoms with Crippen molar-refractivity contribution in [3.05, 3.63) is 65.2 Å². The largest absolute Gasteiger partial charge is 0.469 e. The van der Waals surface area contributed by atoms with Crippen LogP contribution >= 0.6 is 11.6 Å². The van der Waals surface area contributed by atoms with Gasteiger partial charge in [-0.1, -0.05) is 16.8 Å². The molecule has 1 amide bonds. The van der Waals surface area contributed by atoms with Crippen LogP contribution in [0.4, 0.5) is 0 Å². The fourth-order valence-corrected chi connectivity index (χ4v) is 4.00. The van der Waals surface area contributed by atoms with E-state index in [9.17, 15) is 13.2 Å². The minimum Gasteiger partial charge on any atom is -0.469 e. The van der Waals surface area contributed by atoms with Crippen molar-refractivity contribution >= 4 is 27.3 Å². The third-order valence-electron chi connectivity index (χ3n) is 4.06. The van der Waals surface area contributed by atoms with Crippen molar-refractivity contribution in [2.45, 2.75) is 42.9 Å². The summed E-state index contributed by atoms with van der Waals surface area (Å²) >= 11 is 5.78. The van der Waals surface area contributed by atoms with Crippen LogP contribution in [0, 0.1) is 0 Å². The first-order valence-corrected chi connectivity index (χ1v) is 11.0. The van der Waals surface area contributed by atoms with Crippen LogP contribution in [0.1, 0.15) is 30.8 Å². The van der Waals surface area contributed by atoms with Crippen LogP contribution in [0.3, 0.4) is 0 Å². The van der Waals surface area contributed by atoms with E-state index in [1.807, 2.05) is 13.0 Å². The van der Waals surface area contributed by atoms with Gasteiger partial charge in [0.15, 0.2) is 15.7 Å². The lowest BCUT2D eigenvalue weighted by Gasteiger charge is -2.11. The summed E-state index contributed by atoms with van der Waals surface area (Å²) in [6, 6.07) is 9.41. The average Bonchev–Trinajstić information content (AvgIpc) is 3.32. The third-order valence-corrected chi connectivity index (χ3v) is 5.94. The minimum absolute atomic E-state index is 0.0431. The quantitative estimate of drug-likeness (QED) is 0.547. The second-order valence-electron chi connectivity index (χ2n) is 6.57. The second kappa shape index (κ2) is 9.23. The Labute approximate surface area is 173 Å². The maximum atomic E-state index is 12.4. The number of furan rings is 1. The molecule has 1 aromatic carbocycles. The highest BCUT2D eigenvalue weighted by atomic mass is 35.5. The number of amides is 1. The summed E-state index contributed by atoms with van der Waals surface area (Å²) in [4.78, 5) is 16.3. The van der Waals surface area contributed by atoms with Crippen LogP contribution < -0.4 is 5.32 Å². The van der Waals surface area contributed by atoms with Gasteiger partial charge in [0, 0.05) is 30.3 Å². The molecule has 0 aliphatic carbocycles. The maximum absolute atomic E-state index is 12.4. The number of hydrogen-bond donors (Lipinski definition) is 1. The number of carbonyl (C=O) groups excluding carboxylic acids is 1. The molecule has 29 heavy (non-hydrogen) atoms. The molecule has 0 radical (unpaired) electrons. The van der Waals surface area contributed by atoms with Gasteiger partial charge in [-0.2, -0.15) is 4.98 Å². The Morgan fingerprint density at radius 3 is 2.69 bits per heavy atom. The maximum Gasteiger partial charge on any atom is 0.227 e. The zero-order valence-corrected chi connectivity index (χ0v) is 17.2. The van der Waals surface area contributed by atoms with Gasteiger partial charge in [-0.3, -0.25) is 4.79 Å². The summed E-state index contributed by atoms with van der Waals surface area (Å²) in [6.45, 7) is 1.88. The number of aryl methyl sites for hydroxylation is 1. The zero-order valence-electron chi connectivity index (χ0n) is 15.7. The molecule has 0 spiro atoms. The number of benzene rings is 1. The number of sulfone groups is 1. The molecule has 3 rings (SSSR count). The molecule has 0 saturated carbocycles. The van der Waals surface area contributed by atoms with Gasteiger partial charge in [0.25, 0.3) is 0 Å². The smallest absolute Gasteiger partial charge is 0.227 e. The van der Waals surface area contributed by atoms with E-state index in [1.165, 1.54) is 24.3 Å². The molecule has 2 aromatic heterocycles. The molecule has 0 aliphatic rings. The normalized spacial score (nSPS) is 12.6. The number of carbonyl (C=O) groups is 1. The van der Waals surface area contributed by atoms with Crippen molar-refractivity contribution in [3.63, 3.8) is 0 Å². The van der Waals surface area contributed by atoms with E-state index < -0.39 is 15.6 Å². The van der Waals surface area contributed by atoms with Crippen molar-refractivity contribution in [3.8, 4) is 0 Å². The lowest BCUT2D eigenvalue weighted by molar-refractivity contribution is -0.121. The standard InChI is InChI=1S/C19H20ClN3O5S/c1-13(11-15-3-2-10-27-15)21-18(24)8-9-19-22-17(23-28-19)12-29(25,26)16-6-4-14(20)5-7-16/h2-7,10,13H,8-9,11-12H2,1H3,(H,21,24)/t13-/m1/s1. The summed E-state index contributed by atoms with van der Waals surface area (Å²) in [5, 5.41) is 7.01. The molecule has 10 heteroatoms. The Hall–Kier alpha value is -2.65. The van der Waals surface area contributed by atoms with Gasteiger partial charge >= 0.3 is 0 Å². The number of halogens is 1. The number of hydrogen-bond acceptors (Lipinski definition) is 7. The molecule has 0 bridgehead atoms. The van der Waals surface area contributed by atoms with Gasteiger partial charge in [0.1, 0.15) is 11.5 Å². The molecule has 2 heterocycles. The first-order valence-electron chi connectivity index (χ1n) is 8.93. The summed E-state index contributed by atoms with van der Waals surface area (Å²) in [5.74, 6) is 0.477. The Balaban J connectivity index is 1.49. The molecule has 0 aliphatic heterocycles. The fraction of sp³-hybridized carbons (Fsp3) is 0.316. The van der Waals surface area contributed by atoms with Gasteiger partial charge in [0.05, 0.1) is 11.2 Å². The first kappa shape index (κ1) is 21.1. The van der Waals surface area contributed by atoms with E-state index in [0.29, 0.717) is 11.4 Å². The Kier molecular flexibility index (Phi) is 6.71. The average molecular weight is 438 g/mol. The number of nitrogens with one attached hydrogen (secondary N) is 1. The van der Waals surface area contributed by atoms with E-state index in [4.69, 9.17) is 20.5 Å². The van der Waals surface area contributed by atoms with Crippen LogP contribution in [0.5, 0.6) is 0 Å². The summed E-state index contributed by atoms with van der Waals surface area (Å²) in [5.41, 5.74) is 0. The van der Waals surface area contributed by atoms with Crippen LogP contribution in [0.25, 0.3) is 0 Å². The van der Waals surface area contributed by atoms with Gasteiger partial charge in [-0.15, -0.1) is 0 Å². The van der Waals surface area contributed by atoms with Crippen molar-refractivity contribution in [2.75, 3.05) is 0 Å². The van der Waals surface area contributed by atoms with Crippen molar-refractivity contribution in [1.82, 2.24) is 15.5 Å². The number of rotatable bonds is 9. The summed E-state index contributed by atoms with van der Waals surface area (Å²) < 4.78 is 35.1. The molecule has 0 unspecified atom stereocenters. The second-order valence-corrected chi connectivity index (χ2v) is 9.00. The Morgan fingerprint density at radius 2 is 2.00 bits per heavy atom. The van der Waals surface area contributed by atoms with Gasteiger partial charge in [0.2, 0.25) is 11.8 Å².